The Hall–Kier alpha value is -4.00. The fourth-order valence-corrected chi connectivity index (χ4v) is 5.04. The number of amides is 1. The molecule has 7 heteroatoms. The first kappa shape index (κ1) is 26.1. The molecule has 0 aliphatic carbocycles. The van der Waals surface area contributed by atoms with Crippen LogP contribution in [0.4, 0.5) is 0 Å². The first-order valence-corrected chi connectivity index (χ1v) is 12.6. The van der Waals surface area contributed by atoms with Gasteiger partial charge in [-0.05, 0) is 58.2 Å². The summed E-state index contributed by atoms with van der Waals surface area (Å²) in [6, 6.07) is 17.3. The van der Waals surface area contributed by atoms with Gasteiger partial charge in [0.2, 0.25) is 0 Å². The molecule has 4 aromatic rings. The van der Waals surface area contributed by atoms with E-state index in [2.05, 4.69) is 26.8 Å². The van der Waals surface area contributed by atoms with Crippen LogP contribution in [0.15, 0.2) is 65.6 Å². The Morgan fingerprint density at radius 3 is 2.35 bits per heavy atom. The second-order valence-electron chi connectivity index (χ2n) is 9.66. The van der Waals surface area contributed by atoms with Gasteiger partial charge < -0.3 is 9.47 Å². The third-order valence-electron chi connectivity index (χ3n) is 7.26. The first-order valence-electron chi connectivity index (χ1n) is 12.6. The predicted octanol–water partition coefficient (Wildman–Crippen LogP) is 4.57. The number of carbonyl (C=O) groups excluding carboxylic acids is 1. The number of hydrogen-bond donors (Lipinski definition) is 0. The van der Waals surface area contributed by atoms with Crippen LogP contribution in [-0.4, -0.2) is 37.2 Å². The molecule has 0 spiro atoms. The summed E-state index contributed by atoms with van der Waals surface area (Å²) in [6.45, 7) is 8.34. The number of hydrogen-bond acceptors (Lipinski definition) is 4. The van der Waals surface area contributed by atoms with Crippen molar-refractivity contribution in [3.8, 4) is 0 Å². The van der Waals surface area contributed by atoms with Gasteiger partial charge in [0.15, 0.2) is 5.43 Å². The van der Waals surface area contributed by atoms with Gasteiger partial charge in [0.1, 0.15) is 5.56 Å². The average Bonchev–Trinajstić information content (AvgIpc) is 3.15. The van der Waals surface area contributed by atoms with E-state index in [-0.39, 0.29) is 22.9 Å². The molecule has 0 saturated heterocycles. The highest BCUT2D eigenvalue weighted by atomic mass is 16.2. The Balaban J connectivity index is 1.79. The van der Waals surface area contributed by atoms with Crippen LogP contribution in [0.25, 0.3) is 0 Å². The molecule has 37 heavy (non-hydrogen) atoms. The first-order chi connectivity index (χ1) is 17.7. The van der Waals surface area contributed by atoms with Crippen molar-refractivity contribution in [2.75, 3.05) is 7.05 Å². The molecule has 7 nitrogen and oxygen atoms in total. The van der Waals surface area contributed by atoms with Crippen molar-refractivity contribution in [1.82, 2.24) is 24.2 Å². The molecule has 0 bridgehead atoms. The van der Waals surface area contributed by atoms with E-state index in [1.54, 1.807) is 24.2 Å². The maximum Gasteiger partial charge on any atom is 0.259 e. The van der Waals surface area contributed by atoms with E-state index < -0.39 is 0 Å². The van der Waals surface area contributed by atoms with Gasteiger partial charge in [-0.25, -0.2) is 0 Å². The summed E-state index contributed by atoms with van der Waals surface area (Å²) in [4.78, 5) is 33.6. The van der Waals surface area contributed by atoms with E-state index in [1.807, 2.05) is 75.8 Å². The summed E-state index contributed by atoms with van der Waals surface area (Å²) < 4.78 is 3.90. The van der Waals surface area contributed by atoms with Crippen molar-refractivity contribution < 1.29 is 4.79 Å². The standard InChI is InChI=1S/C30H35N5O2/c1-20-18-27(36)29(30(37)33(5)22(3)28-21(2)32-34(6)23(28)4)26(16-15-24-12-8-7-9-13-24)35(20)19-25-14-10-11-17-31-25/h7-14,17-18,22H,15-16,19H2,1-6H3. The zero-order valence-corrected chi connectivity index (χ0v) is 22.5. The highest BCUT2D eigenvalue weighted by Gasteiger charge is 2.28. The number of benzene rings is 1. The lowest BCUT2D eigenvalue weighted by molar-refractivity contribution is 0.0738. The third kappa shape index (κ3) is 5.40. The molecule has 0 fully saturated rings. The minimum Gasteiger partial charge on any atom is -0.342 e. The Labute approximate surface area is 218 Å². The van der Waals surface area contributed by atoms with Crippen LogP contribution in [0.1, 0.15) is 62.9 Å². The average molecular weight is 498 g/mol. The Bertz CT molecular complexity index is 1460. The predicted molar refractivity (Wildman–Crippen MR) is 146 cm³/mol. The molecule has 0 saturated carbocycles. The Kier molecular flexibility index (Phi) is 7.71. The van der Waals surface area contributed by atoms with E-state index >= 15 is 0 Å². The van der Waals surface area contributed by atoms with E-state index in [0.717, 1.165) is 39.6 Å². The van der Waals surface area contributed by atoms with Crippen LogP contribution >= 0.6 is 0 Å². The van der Waals surface area contributed by atoms with Crippen LogP contribution in [0, 0.1) is 20.8 Å². The smallest absolute Gasteiger partial charge is 0.259 e. The molecule has 192 valence electrons. The van der Waals surface area contributed by atoms with Gasteiger partial charge in [0, 0.05) is 49.0 Å². The minimum atomic E-state index is -0.280. The highest BCUT2D eigenvalue weighted by molar-refractivity contribution is 5.95. The number of aromatic nitrogens is 4. The van der Waals surface area contributed by atoms with Gasteiger partial charge in [-0.2, -0.15) is 5.10 Å². The van der Waals surface area contributed by atoms with Crippen molar-refractivity contribution in [2.24, 2.45) is 7.05 Å². The lowest BCUT2D eigenvalue weighted by Crippen LogP contribution is -2.36. The maximum atomic E-state index is 14.0. The SMILES string of the molecule is Cc1nn(C)c(C)c1C(C)N(C)C(=O)c1c(CCc2ccccc2)n(Cc2ccccn2)c(C)cc1=O. The quantitative estimate of drug-likeness (QED) is 0.358. The van der Waals surface area contributed by atoms with Gasteiger partial charge >= 0.3 is 0 Å². The number of nitrogens with zero attached hydrogens (tertiary/aromatic N) is 5. The van der Waals surface area contributed by atoms with Crippen LogP contribution in [0.2, 0.25) is 0 Å². The number of rotatable bonds is 8. The molecule has 3 heterocycles. The molecule has 0 N–H and O–H groups in total. The van der Waals surface area contributed by atoms with Crippen molar-refractivity contribution in [2.45, 2.75) is 53.1 Å². The monoisotopic (exact) mass is 497 g/mol. The summed E-state index contributed by atoms with van der Waals surface area (Å²) in [6.07, 6.45) is 3.03. The molecule has 1 atom stereocenters. The number of pyridine rings is 2. The summed E-state index contributed by atoms with van der Waals surface area (Å²) >= 11 is 0. The minimum absolute atomic E-state index is 0.228. The van der Waals surface area contributed by atoms with Gasteiger partial charge in [0.05, 0.1) is 24.0 Å². The largest absolute Gasteiger partial charge is 0.342 e. The molecular weight excluding hydrogens is 462 g/mol. The molecule has 1 aromatic carbocycles. The number of carbonyl (C=O) groups is 1. The highest BCUT2D eigenvalue weighted by Crippen LogP contribution is 2.27. The van der Waals surface area contributed by atoms with Crippen molar-refractivity contribution in [3.05, 3.63) is 116 Å². The molecule has 0 radical (unpaired) electrons. The van der Waals surface area contributed by atoms with Gasteiger partial charge in [-0.3, -0.25) is 19.3 Å². The fraction of sp³-hybridized carbons (Fsp3) is 0.333. The van der Waals surface area contributed by atoms with Crippen LogP contribution in [0.5, 0.6) is 0 Å². The topological polar surface area (TPSA) is 73.0 Å². The van der Waals surface area contributed by atoms with E-state index in [9.17, 15) is 9.59 Å². The van der Waals surface area contributed by atoms with Crippen LogP contribution < -0.4 is 5.43 Å². The van der Waals surface area contributed by atoms with Crippen LogP contribution in [-0.2, 0) is 26.4 Å². The zero-order valence-electron chi connectivity index (χ0n) is 22.5. The maximum absolute atomic E-state index is 14.0. The lowest BCUT2D eigenvalue weighted by Gasteiger charge is -2.28. The van der Waals surface area contributed by atoms with Crippen molar-refractivity contribution in [1.29, 1.82) is 0 Å². The zero-order chi connectivity index (χ0) is 26.7. The van der Waals surface area contributed by atoms with Gasteiger partial charge in [0.25, 0.3) is 5.91 Å². The van der Waals surface area contributed by atoms with Crippen molar-refractivity contribution >= 4 is 5.91 Å². The molecule has 1 amide bonds. The fourth-order valence-electron chi connectivity index (χ4n) is 5.04. The van der Waals surface area contributed by atoms with E-state index in [4.69, 9.17) is 0 Å². The summed E-state index contributed by atoms with van der Waals surface area (Å²) in [5.74, 6) is -0.280. The molecule has 4 rings (SSSR count). The molecule has 0 aliphatic rings. The second kappa shape index (κ2) is 10.9. The normalized spacial score (nSPS) is 11.9. The van der Waals surface area contributed by atoms with Gasteiger partial charge in [-0.15, -0.1) is 0 Å². The molecule has 0 aliphatic heterocycles. The summed E-state index contributed by atoms with van der Waals surface area (Å²) in [7, 11) is 3.67. The Morgan fingerprint density at radius 1 is 1.03 bits per heavy atom. The lowest BCUT2D eigenvalue weighted by atomic mass is 10.00. The van der Waals surface area contributed by atoms with Gasteiger partial charge in [-0.1, -0.05) is 36.4 Å². The summed E-state index contributed by atoms with van der Waals surface area (Å²) in [5, 5.41) is 4.52. The Morgan fingerprint density at radius 2 is 1.73 bits per heavy atom. The second-order valence-corrected chi connectivity index (χ2v) is 9.66. The third-order valence-corrected chi connectivity index (χ3v) is 7.26. The van der Waals surface area contributed by atoms with E-state index in [0.29, 0.717) is 19.4 Å². The molecule has 1 unspecified atom stereocenters. The summed E-state index contributed by atoms with van der Waals surface area (Å²) in [5.41, 5.74) is 6.45. The van der Waals surface area contributed by atoms with E-state index in [1.165, 1.54) is 0 Å². The van der Waals surface area contributed by atoms with Crippen molar-refractivity contribution in [3.63, 3.8) is 0 Å². The number of aryl methyl sites for hydroxylation is 4. The molecular formula is C30H35N5O2. The molecule has 3 aromatic heterocycles. The van der Waals surface area contributed by atoms with Crippen LogP contribution in [0.3, 0.4) is 0 Å².